The molecule has 220 valence electrons. The maximum Gasteiger partial charge on any atom is 0.264 e. The molecule has 0 saturated carbocycles. The van der Waals surface area contributed by atoms with E-state index in [1.54, 1.807) is 61.5 Å². The Hall–Kier alpha value is -3.56. The van der Waals surface area contributed by atoms with Crippen LogP contribution in [0.2, 0.25) is 5.02 Å². The number of benzene rings is 3. The summed E-state index contributed by atoms with van der Waals surface area (Å²) in [6.07, 6.45) is 0.722. The molecule has 0 aliphatic heterocycles. The van der Waals surface area contributed by atoms with Crippen molar-refractivity contribution in [3.05, 3.63) is 88.4 Å². The molecule has 0 aliphatic rings. The molecule has 0 aliphatic carbocycles. The van der Waals surface area contributed by atoms with Crippen molar-refractivity contribution in [2.75, 3.05) is 18.0 Å². The van der Waals surface area contributed by atoms with Gasteiger partial charge in [0, 0.05) is 17.6 Å². The van der Waals surface area contributed by atoms with Gasteiger partial charge in [-0.15, -0.1) is 0 Å². The van der Waals surface area contributed by atoms with Crippen LogP contribution in [0.15, 0.2) is 71.6 Å². The molecule has 2 atom stereocenters. The number of nitrogens with zero attached hydrogens (tertiary/aromatic N) is 2. The van der Waals surface area contributed by atoms with E-state index in [2.05, 4.69) is 5.32 Å². The van der Waals surface area contributed by atoms with Gasteiger partial charge in [-0.25, -0.2) is 8.42 Å². The highest BCUT2D eigenvalue weighted by molar-refractivity contribution is 7.92. The standard InChI is InChI=1S/C31H38ClN3O5S/c1-7-23(4)33-31(37)24(5)34(19-25-11-13-26(32)14-12-25)30(36)20-35(28-18-22(3)10-17-29(28)40-6)41(38,39)27-15-8-21(2)9-16-27/h8-18,23-24H,7,19-20H2,1-6H3,(H,33,37)/t23-,24-/m0/s1. The van der Waals surface area contributed by atoms with Crippen molar-refractivity contribution < 1.29 is 22.7 Å². The van der Waals surface area contributed by atoms with Crippen LogP contribution in [0, 0.1) is 13.8 Å². The zero-order chi connectivity index (χ0) is 30.3. The molecule has 8 nitrogen and oxygen atoms in total. The predicted molar refractivity (Wildman–Crippen MR) is 163 cm³/mol. The summed E-state index contributed by atoms with van der Waals surface area (Å²) in [4.78, 5) is 28.7. The Labute approximate surface area is 248 Å². The van der Waals surface area contributed by atoms with Crippen LogP contribution in [0.25, 0.3) is 0 Å². The summed E-state index contributed by atoms with van der Waals surface area (Å²) in [6, 6.07) is 17.5. The fourth-order valence-electron chi connectivity index (χ4n) is 4.18. The highest BCUT2D eigenvalue weighted by Crippen LogP contribution is 2.34. The number of hydrogen-bond acceptors (Lipinski definition) is 5. The minimum atomic E-state index is -4.21. The van der Waals surface area contributed by atoms with Crippen molar-refractivity contribution in [1.82, 2.24) is 10.2 Å². The number of rotatable bonds is 12. The smallest absolute Gasteiger partial charge is 0.264 e. The lowest BCUT2D eigenvalue weighted by Gasteiger charge is -2.33. The maximum atomic E-state index is 14.1. The molecule has 0 bridgehead atoms. The van der Waals surface area contributed by atoms with E-state index in [1.807, 2.05) is 27.7 Å². The SMILES string of the molecule is CC[C@H](C)NC(=O)[C@H](C)N(Cc1ccc(Cl)cc1)C(=O)CN(c1cc(C)ccc1OC)S(=O)(=O)c1ccc(C)cc1. The first-order valence-electron chi connectivity index (χ1n) is 13.5. The maximum absolute atomic E-state index is 14.1. The van der Waals surface area contributed by atoms with Gasteiger partial charge in [0.1, 0.15) is 18.3 Å². The number of sulfonamides is 1. The van der Waals surface area contributed by atoms with Crippen LogP contribution in [-0.2, 0) is 26.2 Å². The molecular formula is C31H38ClN3O5S. The van der Waals surface area contributed by atoms with Gasteiger partial charge in [-0.2, -0.15) is 0 Å². The molecule has 2 amide bonds. The van der Waals surface area contributed by atoms with E-state index >= 15 is 0 Å². The Kier molecular flexibility index (Phi) is 10.8. The zero-order valence-corrected chi connectivity index (χ0v) is 25.9. The fraction of sp³-hybridized carbons (Fsp3) is 0.355. The molecule has 0 heterocycles. The Morgan fingerprint density at radius 3 is 2.15 bits per heavy atom. The second-order valence-corrected chi connectivity index (χ2v) is 12.4. The summed E-state index contributed by atoms with van der Waals surface area (Å²) in [6.45, 7) is 8.69. The summed E-state index contributed by atoms with van der Waals surface area (Å²) in [5.41, 5.74) is 2.66. The minimum absolute atomic E-state index is 0.0336. The van der Waals surface area contributed by atoms with Crippen LogP contribution >= 0.6 is 11.6 Å². The minimum Gasteiger partial charge on any atom is -0.495 e. The van der Waals surface area contributed by atoms with E-state index in [0.717, 1.165) is 27.4 Å². The predicted octanol–water partition coefficient (Wildman–Crippen LogP) is 5.49. The zero-order valence-electron chi connectivity index (χ0n) is 24.3. The van der Waals surface area contributed by atoms with Gasteiger partial charge in [0.15, 0.2) is 0 Å². The second kappa shape index (κ2) is 13.9. The number of carbonyl (C=O) groups excluding carboxylic acids is 2. The molecule has 3 aromatic carbocycles. The molecule has 1 N–H and O–H groups in total. The van der Waals surface area contributed by atoms with Crippen molar-refractivity contribution >= 4 is 39.1 Å². The Bertz CT molecular complexity index is 1460. The van der Waals surface area contributed by atoms with E-state index < -0.39 is 28.5 Å². The Balaban J connectivity index is 2.09. The van der Waals surface area contributed by atoms with Gasteiger partial charge in [-0.05, 0) is 81.6 Å². The van der Waals surface area contributed by atoms with Crippen molar-refractivity contribution in [2.45, 2.75) is 64.6 Å². The van der Waals surface area contributed by atoms with Crippen LogP contribution in [0.1, 0.15) is 43.9 Å². The first-order valence-corrected chi connectivity index (χ1v) is 15.3. The lowest BCUT2D eigenvalue weighted by Crippen LogP contribution is -2.52. The second-order valence-electron chi connectivity index (χ2n) is 10.1. The largest absolute Gasteiger partial charge is 0.495 e. The van der Waals surface area contributed by atoms with Crippen LogP contribution < -0.4 is 14.4 Å². The van der Waals surface area contributed by atoms with Gasteiger partial charge >= 0.3 is 0 Å². The number of methoxy groups -OCH3 is 1. The van der Waals surface area contributed by atoms with Crippen molar-refractivity contribution in [2.24, 2.45) is 0 Å². The molecule has 0 unspecified atom stereocenters. The summed E-state index contributed by atoms with van der Waals surface area (Å²) < 4.78 is 34.7. The third-order valence-electron chi connectivity index (χ3n) is 6.93. The van der Waals surface area contributed by atoms with E-state index in [0.29, 0.717) is 10.8 Å². The molecule has 0 spiro atoms. The molecule has 0 saturated heterocycles. The lowest BCUT2D eigenvalue weighted by atomic mass is 10.1. The van der Waals surface area contributed by atoms with Gasteiger partial charge < -0.3 is 15.0 Å². The Morgan fingerprint density at radius 2 is 1.56 bits per heavy atom. The van der Waals surface area contributed by atoms with Gasteiger partial charge in [0.2, 0.25) is 11.8 Å². The number of ether oxygens (including phenoxy) is 1. The van der Waals surface area contributed by atoms with E-state index in [4.69, 9.17) is 16.3 Å². The van der Waals surface area contributed by atoms with Crippen molar-refractivity contribution in [3.8, 4) is 5.75 Å². The van der Waals surface area contributed by atoms with Gasteiger partial charge in [0.25, 0.3) is 10.0 Å². The third kappa shape index (κ3) is 8.01. The lowest BCUT2D eigenvalue weighted by molar-refractivity contribution is -0.139. The molecule has 41 heavy (non-hydrogen) atoms. The average Bonchev–Trinajstić information content (AvgIpc) is 2.95. The van der Waals surface area contributed by atoms with Crippen LogP contribution in [0.3, 0.4) is 0 Å². The molecule has 3 rings (SSSR count). The van der Waals surface area contributed by atoms with Crippen LogP contribution in [0.4, 0.5) is 5.69 Å². The van der Waals surface area contributed by atoms with Crippen molar-refractivity contribution in [1.29, 1.82) is 0 Å². The molecule has 0 fully saturated rings. The molecular weight excluding hydrogens is 562 g/mol. The number of nitrogens with one attached hydrogen (secondary N) is 1. The number of carbonyl (C=O) groups is 2. The van der Waals surface area contributed by atoms with E-state index in [1.165, 1.54) is 24.1 Å². The first kappa shape index (κ1) is 32.0. The number of aryl methyl sites for hydroxylation is 2. The first-order chi connectivity index (χ1) is 19.4. The number of amides is 2. The van der Waals surface area contributed by atoms with E-state index in [9.17, 15) is 18.0 Å². The van der Waals surface area contributed by atoms with Crippen LogP contribution in [0.5, 0.6) is 5.75 Å². The van der Waals surface area contributed by atoms with Crippen molar-refractivity contribution in [3.63, 3.8) is 0 Å². The number of halogens is 1. The highest BCUT2D eigenvalue weighted by Gasteiger charge is 2.34. The molecule has 0 radical (unpaired) electrons. The topological polar surface area (TPSA) is 96.0 Å². The normalized spacial score (nSPS) is 12.8. The Morgan fingerprint density at radius 1 is 0.951 bits per heavy atom. The summed E-state index contributed by atoms with van der Waals surface area (Å²) >= 11 is 6.06. The summed E-state index contributed by atoms with van der Waals surface area (Å²) in [5, 5.41) is 3.46. The van der Waals surface area contributed by atoms with Crippen LogP contribution in [-0.4, -0.2) is 50.9 Å². The van der Waals surface area contributed by atoms with Gasteiger partial charge in [-0.3, -0.25) is 13.9 Å². The molecule has 0 aromatic heterocycles. The molecule has 3 aromatic rings. The van der Waals surface area contributed by atoms with Gasteiger partial charge in [0.05, 0.1) is 17.7 Å². The van der Waals surface area contributed by atoms with E-state index in [-0.39, 0.29) is 29.1 Å². The summed E-state index contributed by atoms with van der Waals surface area (Å²) in [7, 11) is -2.76. The number of anilines is 1. The summed E-state index contributed by atoms with van der Waals surface area (Å²) in [5.74, 6) is -0.584. The number of hydrogen-bond donors (Lipinski definition) is 1. The molecule has 10 heteroatoms. The third-order valence-corrected chi connectivity index (χ3v) is 8.95. The monoisotopic (exact) mass is 599 g/mol. The highest BCUT2D eigenvalue weighted by atomic mass is 35.5. The fourth-order valence-corrected chi connectivity index (χ4v) is 5.72. The van der Waals surface area contributed by atoms with Gasteiger partial charge in [-0.1, -0.05) is 54.4 Å². The quantitative estimate of drug-likeness (QED) is 0.297. The average molecular weight is 600 g/mol.